The lowest BCUT2D eigenvalue weighted by Gasteiger charge is -2.29. The van der Waals surface area contributed by atoms with Crippen molar-refractivity contribution in [2.24, 2.45) is 17.6 Å². The van der Waals surface area contributed by atoms with Gasteiger partial charge in [-0.1, -0.05) is 6.42 Å². The van der Waals surface area contributed by atoms with Crippen LogP contribution >= 0.6 is 0 Å². The van der Waals surface area contributed by atoms with Gasteiger partial charge in [0.25, 0.3) is 0 Å². The number of likely N-dealkylation sites (tertiary alicyclic amines) is 1. The van der Waals surface area contributed by atoms with Crippen LogP contribution in [0.4, 0.5) is 0 Å². The molecule has 0 aromatic heterocycles. The summed E-state index contributed by atoms with van der Waals surface area (Å²) in [5.41, 5.74) is 6.18. The topological polar surface area (TPSA) is 55.6 Å². The molecular formula is C14H24N2O2. The van der Waals surface area contributed by atoms with Gasteiger partial charge in [0.2, 0.25) is 5.91 Å². The number of nitrogens with two attached hydrogens (primary N) is 1. The number of rotatable bonds is 2. The molecule has 0 aromatic carbocycles. The van der Waals surface area contributed by atoms with E-state index >= 15 is 0 Å². The lowest BCUT2D eigenvalue weighted by atomic mass is 9.78. The van der Waals surface area contributed by atoms with Gasteiger partial charge in [-0.15, -0.1) is 0 Å². The van der Waals surface area contributed by atoms with Gasteiger partial charge in [-0.05, 0) is 37.5 Å². The lowest BCUT2D eigenvalue weighted by Crippen LogP contribution is -2.38. The first-order valence-corrected chi connectivity index (χ1v) is 7.39. The highest BCUT2D eigenvalue weighted by molar-refractivity contribution is 5.77. The molecule has 1 saturated carbocycles. The zero-order valence-electron chi connectivity index (χ0n) is 11.0. The molecule has 3 fully saturated rings. The summed E-state index contributed by atoms with van der Waals surface area (Å²) in [6.07, 6.45) is 6.52. The van der Waals surface area contributed by atoms with Gasteiger partial charge in [-0.2, -0.15) is 0 Å². The Morgan fingerprint density at radius 2 is 2.11 bits per heavy atom. The molecule has 4 heteroatoms. The summed E-state index contributed by atoms with van der Waals surface area (Å²) in [6, 6.07) is 0.310. The van der Waals surface area contributed by atoms with Crippen LogP contribution in [0.5, 0.6) is 0 Å². The molecule has 0 aromatic rings. The van der Waals surface area contributed by atoms with E-state index in [4.69, 9.17) is 10.5 Å². The van der Waals surface area contributed by atoms with Crippen molar-refractivity contribution < 1.29 is 9.53 Å². The van der Waals surface area contributed by atoms with Crippen molar-refractivity contribution in [1.82, 2.24) is 4.90 Å². The standard InChI is InChI=1S/C14H24N2O2/c15-13-5-1-3-10-8-16(9-12(10)13)14(17)7-11-4-2-6-18-11/h10-13H,1-9,15H2. The molecule has 0 bridgehead atoms. The molecule has 0 spiro atoms. The van der Waals surface area contributed by atoms with Gasteiger partial charge < -0.3 is 15.4 Å². The number of hydrogen-bond donors (Lipinski definition) is 1. The van der Waals surface area contributed by atoms with E-state index in [9.17, 15) is 4.79 Å². The van der Waals surface area contributed by atoms with Crippen molar-refractivity contribution in [3.63, 3.8) is 0 Å². The molecule has 4 nitrogen and oxygen atoms in total. The maximum absolute atomic E-state index is 12.3. The Balaban J connectivity index is 1.55. The first-order chi connectivity index (χ1) is 8.74. The van der Waals surface area contributed by atoms with E-state index < -0.39 is 0 Å². The molecule has 0 radical (unpaired) electrons. The van der Waals surface area contributed by atoms with Crippen LogP contribution in [-0.4, -0.2) is 42.6 Å². The number of nitrogens with zero attached hydrogens (tertiary/aromatic N) is 1. The summed E-state index contributed by atoms with van der Waals surface area (Å²) in [7, 11) is 0. The molecular weight excluding hydrogens is 228 g/mol. The summed E-state index contributed by atoms with van der Waals surface area (Å²) in [5.74, 6) is 1.48. The third kappa shape index (κ3) is 2.41. The Morgan fingerprint density at radius 1 is 1.22 bits per heavy atom. The van der Waals surface area contributed by atoms with Gasteiger partial charge >= 0.3 is 0 Å². The van der Waals surface area contributed by atoms with Crippen LogP contribution in [0.1, 0.15) is 38.5 Å². The minimum absolute atomic E-state index is 0.175. The number of ether oxygens (including phenoxy) is 1. The van der Waals surface area contributed by atoms with E-state index in [1.807, 2.05) is 4.90 Å². The van der Waals surface area contributed by atoms with Gasteiger partial charge in [-0.3, -0.25) is 4.79 Å². The second kappa shape index (κ2) is 5.17. The fourth-order valence-corrected chi connectivity index (χ4v) is 3.85. The van der Waals surface area contributed by atoms with Crippen molar-refractivity contribution in [3.8, 4) is 0 Å². The zero-order valence-corrected chi connectivity index (χ0v) is 11.0. The van der Waals surface area contributed by atoms with Gasteiger partial charge in [0.15, 0.2) is 0 Å². The molecule has 3 aliphatic rings. The maximum Gasteiger partial charge on any atom is 0.225 e. The summed E-state index contributed by atoms with van der Waals surface area (Å²) in [5, 5.41) is 0. The van der Waals surface area contributed by atoms with Crippen LogP contribution in [0, 0.1) is 11.8 Å². The minimum Gasteiger partial charge on any atom is -0.378 e. The highest BCUT2D eigenvalue weighted by Crippen LogP contribution is 2.36. The third-order valence-corrected chi connectivity index (χ3v) is 4.93. The fraction of sp³-hybridized carbons (Fsp3) is 0.929. The molecule has 2 aliphatic heterocycles. The highest BCUT2D eigenvalue weighted by atomic mass is 16.5. The Kier molecular flexibility index (Phi) is 3.57. The monoisotopic (exact) mass is 252 g/mol. The minimum atomic E-state index is 0.175. The number of amides is 1. The summed E-state index contributed by atoms with van der Waals surface area (Å²) < 4.78 is 5.55. The second-order valence-electron chi connectivity index (χ2n) is 6.16. The fourth-order valence-electron chi connectivity index (χ4n) is 3.85. The molecule has 18 heavy (non-hydrogen) atoms. The van der Waals surface area contributed by atoms with Crippen molar-refractivity contribution in [1.29, 1.82) is 0 Å². The van der Waals surface area contributed by atoms with Crippen LogP contribution in [-0.2, 0) is 9.53 Å². The summed E-state index contributed by atoms with van der Waals surface area (Å²) >= 11 is 0. The smallest absolute Gasteiger partial charge is 0.225 e. The SMILES string of the molecule is NC1CCCC2CN(C(=O)CC3CCCO3)CC12. The normalized spacial score (nSPS) is 39.9. The average Bonchev–Trinajstić information content (AvgIpc) is 2.97. The average molecular weight is 252 g/mol. The first-order valence-electron chi connectivity index (χ1n) is 7.39. The predicted octanol–water partition coefficient (Wildman–Crippen LogP) is 1.14. The van der Waals surface area contributed by atoms with E-state index in [1.165, 1.54) is 12.8 Å². The van der Waals surface area contributed by atoms with E-state index in [1.54, 1.807) is 0 Å². The number of carbonyl (C=O) groups is 1. The Hall–Kier alpha value is -0.610. The van der Waals surface area contributed by atoms with Crippen LogP contribution in [0.15, 0.2) is 0 Å². The van der Waals surface area contributed by atoms with E-state index in [-0.39, 0.29) is 12.0 Å². The third-order valence-electron chi connectivity index (χ3n) is 4.93. The van der Waals surface area contributed by atoms with Gasteiger partial charge in [0.05, 0.1) is 12.5 Å². The molecule has 102 valence electrons. The number of fused-ring (bicyclic) bond motifs is 1. The first kappa shape index (κ1) is 12.4. The van der Waals surface area contributed by atoms with Crippen LogP contribution in [0.3, 0.4) is 0 Å². The van der Waals surface area contributed by atoms with Crippen molar-refractivity contribution >= 4 is 5.91 Å². The molecule has 4 unspecified atom stereocenters. The Morgan fingerprint density at radius 3 is 2.83 bits per heavy atom. The Bertz CT molecular complexity index is 315. The van der Waals surface area contributed by atoms with E-state index in [0.29, 0.717) is 24.3 Å². The van der Waals surface area contributed by atoms with Crippen molar-refractivity contribution in [3.05, 3.63) is 0 Å². The van der Waals surface area contributed by atoms with E-state index in [2.05, 4.69) is 0 Å². The quantitative estimate of drug-likeness (QED) is 0.802. The molecule has 2 heterocycles. The van der Waals surface area contributed by atoms with E-state index in [0.717, 1.165) is 39.0 Å². The second-order valence-corrected chi connectivity index (χ2v) is 6.16. The van der Waals surface area contributed by atoms with Crippen LogP contribution < -0.4 is 5.73 Å². The largest absolute Gasteiger partial charge is 0.378 e. The van der Waals surface area contributed by atoms with Crippen LogP contribution in [0.2, 0.25) is 0 Å². The molecule has 3 rings (SSSR count). The van der Waals surface area contributed by atoms with Crippen molar-refractivity contribution in [2.75, 3.05) is 19.7 Å². The highest BCUT2D eigenvalue weighted by Gasteiger charge is 2.40. The van der Waals surface area contributed by atoms with Gasteiger partial charge in [0.1, 0.15) is 0 Å². The van der Waals surface area contributed by atoms with Crippen molar-refractivity contribution in [2.45, 2.75) is 50.7 Å². The molecule has 1 aliphatic carbocycles. The molecule has 4 atom stereocenters. The maximum atomic E-state index is 12.3. The van der Waals surface area contributed by atoms with Crippen LogP contribution in [0.25, 0.3) is 0 Å². The van der Waals surface area contributed by atoms with Gasteiger partial charge in [-0.25, -0.2) is 0 Å². The molecule has 1 amide bonds. The predicted molar refractivity (Wildman–Crippen MR) is 69.0 cm³/mol. The number of hydrogen-bond acceptors (Lipinski definition) is 3. The molecule has 2 N–H and O–H groups in total. The number of carbonyl (C=O) groups excluding carboxylic acids is 1. The molecule has 2 saturated heterocycles. The van der Waals surface area contributed by atoms with Gasteiger partial charge in [0, 0.05) is 25.7 Å². The lowest BCUT2D eigenvalue weighted by molar-refractivity contribution is -0.132. The summed E-state index contributed by atoms with van der Waals surface area (Å²) in [4.78, 5) is 14.3. The summed E-state index contributed by atoms with van der Waals surface area (Å²) in [6.45, 7) is 2.65. The Labute approximate surface area is 109 Å². The zero-order chi connectivity index (χ0) is 12.5.